The van der Waals surface area contributed by atoms with Gasteiger partial charge in [0, 0.05) is 42.7 Å². The molecule has 1 amide bonds. The highest BCUT2D eigenvalue weighted by Gasteiger charge is 2.23. The first-order chi connectivity index (χ1) is 12.5. The first-order valence-corrected chi connectivity index (χ1v) is 9.61. The van der Waals surface area contributed by atoms with Gasteiger partial charge in [-0.25, -0.2) is 4.98 Å². The number of thiazole rings is 1. The number of nitrogens with zero attached hydrogens (tertiary/aromatic N) is 2. The van der Waals surface area contributed by atoms with E-state index in [1.165, 1.54) is 13.2 Å². The Morgan fingerprint density at radius 3 is 2.96 bits per heavy atom. The van der Waals surface area contributed by atoms with Crippen molar-refractivity contribution in [3.8, 4) is 5.75 Å². The molecule has 0 unspecified atom stereocenters. The Labute approximate surface area is 156 Å². The lowest BCUT2D eigenvalue weighted by Crippen LogP contribution is -2.31. The van der Waals surface area contributed by atoms with Crippen LogP contribution in [0.5, 0.6) is 5.75 Å². The summed E-state index contributed by atoms with van der Waals surface area (Å²) in [5, 5.41) is 7.30. The number of carbonyl (C=O) groups is 1. The number of fused-ring (bicyclic) bond motifs is 1. The van der Waals surface area contributed by atoms with Gasteiger partial charge in [0.2, 0.25) is 0 Å². The molecule has 2 N–H and O–H groups in total. The van der Waals surface area contributed by atoms with Crippen LogP contribution in [0.4, 0.5) is 0 Å². The maximum atomic E-state index is 12.9. The topological polar surface area (TPSA) is 85.2 Å². The van der Waals surface area contributed by atoms with E-state index >= 15 is 0 Å². The van der Waals surface area contributed by atoms with Crippen molar-refractivity contribution in [2.75, 3.05) is 20.2 Å². The van der Waals surface area contributed by atoms with E-state index in [1.807, 2.05) is 6.92 Å². The number of carbonyl (C=O) groups excluding carboxylic acids is 1. The van der Waals surface area contributed by atoms with E-state index in [4.69, 9.17) is 4.74 Å². The van der Waals surface area contributed by atoms with Gasteiger partial charge in [-0.15, -0.1) is 11.3 Å². The molecule has 140 valence electrons. The molecule has 26 heavy (non-hydrogen) atoms. The van der Waals surface area contributed by atoms with Crippen molar-refractivity contribution in [1.29, 1.82) is 0 Å². The van der Waals surface area contributed by atoms with Crippen LogP contribution < -0.4 is 20.9 Å². The highest BCUT2D eigenvalue weighted by molar-refractivity contribution is 7.11. The summed E-state index contributed by atoms with van der Waals surface area (Å²) >= 11 is 1.62. The Kier molecular flexibility index (Phi) is 5.73. The molecule has 7 nitrogen and oxygen atoms in total. The summed E-state index contributed by atoms with van der Waals surface area (Å²) in [6.07, 6.45) is 1.49. The predicted molar refractivity (Wildman–Crippen MR) is 101 cm³/mol. The van der Waals surface area contributed by atoms with Gasteiger partial charge in [0.05, 0.1) is 24.4 Å². The SMILES string of the molecule is CCc1nc(C)c(CNC(=O)c2c(OC)cc(=O)n3c2CCNCC3)s1. The Balaban J connectivity index is 1.90. The number of aryl methyl sites for hydroxylation is 2. The van der Waals surface area contributed by atoms with Gasteiger partial charge in [-0.1, -0.05) is 6.92 Å². The zero-order valence-corrected chi connectivity index (χ0v) is 16.2. The van der Waals surface area contributed by atoms with Crippen LogP contribution in [0.1, 0.15) is 38.6 Å². The van der Waals surface area contributed by atoms with Crippen molar-refractivity contribution >= 4 is 17.2 Å². The molecule has 8 heteroatoms. The Bertz CT molecular complexity index is 872. The quantitative estimate of drug-likeness (QED) is 0.821. The number of nitrogens with one attached hydrogen (secondary N) is 2. The van der Waals surface area contributed by atoms with E-state index in [0.29, 0.717) is 37.4 Å². The second-order valence-electron chi connectivity index (χ2n) is 6.18. The van der Waals surface area contributed by atoms with Crippen molar-refractivity contribution < 1.29 is 9.53 Å². The van der Waals surface area contributed by atoms with Crippen molar-refractivity contribution in [2.45, 2.75) is 39.8 Å². The first kappa shape index (κ1) is 18.6. The van der Waals surface area contributed by atoms with Crippen molar-refractivity contribution in [3.63, 3.8) is 0 Å². The minimum absolute atomic E-state index is 0.136. The molecule has 0 fully saturated rings. The lowest BCUT2D eigenvalue weighted by atomic mass is 10.1. The molecule has 2 aromatic rings. The van der Waals surface area contributed by atoms with E-state index in [2.05, 4.69) is 22.5 Å². The van der Waals surface area contributed by atoms with Gasteiger partial charge >= 0.3 is 0 Å². The molecular formula is C18H24N4O3S. The summed E-state index contributed by atoms with van der Waals surface area (Å²) in [6.45, 7) is 6.42. The molecule has 1 aliphatic heterocycles. The zero-order chi connectivity index (χ0) is 18.7. The molecule has 0 spiro atoms. The van der Waals surface area contributed by atoms with Crippen LogP contribution in [0.2, 0.25) is 0 Å². The molecule has 0 saturated heterocycles. The van der Waals surface area contributed by atoms with Crippen molar-refractivity contribution in [3.05, 3.63) is 43.3 Å². The highest BCUT2D eigenvalue weighted by Crippen LogP contribution is 2.23. The lowest BCUT2D eigenvalue weighted by molar-refractivity contribution is 0.0946. The number of hydrogen-bond acceptors (Lipinski definition) is 6. The summed E-state index contributed by atoms with van der Waals surface area (Å²) in [5.41, 5.74) is 2.00. The number of rotatable bonds is 5. The van der Waals surface area contributed by atoms with Gasteiger partial charge in [0.15, 0.2) is 0 Å². The first-order valence-electron chi connectivity index (χ1n) is 8.80. The number of hydrogen-bond donors (Lipinski definition) is 2. The summed E-state index contributed by atoms with van der Waals surface area (Å²) in [7, 11) is 1.48. The highest BCUT2D eigenvalue weighted by atomic mass is 32.1. The van der Waals surface area contributed by atoms with Crippen LogP contribution in [0.25, 0.3) is 0 Å². The third-order valence-corrected chi connectivity index (χ3v) is 5.83. The molecule has 0 radical (unpaired) electrons. The number of aromatic nitrogens is 2. The fourth-order valence-electron chi connectivity index (χ4n) is 3.16. The number of methoxy groups -OCH3 is 1. The van der Waals surface area contributed by atoms with Gasteiger partial charge < -0.3 is 19.9 Å². The van der Waals surface area contributed by atoms with Crippen LogP contribution in [-0.2, 0) is 25.9 Å². The smallest absolute Gasteiger partial charge is 0.257 e. The maximum Gasteiger partial charge on any atom is 0.257 e. The van der Waals surface area contributed by atoms with Gasteiger partial charge in [-0.2, -0.15) is 0 Å². The third kappa shape index (κ3) is 3.66. The molecule has 0 saturated carbocycles. The second kappa shape index (κ2) is 8.01. The summed E-state index contributed by atoms with van der Waals surface area (Å²) < 4.78 is 7.02. The monoisotopic (exact) mass is 376 g/mol. The molecule has 3 heterocycles. The van der Waals surface area contributed by atoms with Gasteiger partial charge in [0.25, 0.3) is 11.5 Å². The number of pyridine rings is 1. The van der Waals surface area contributed by atoms with Gasteiger partial charge in [-0.3, -0.25) is 9.59 Å². The normalized spacial score (nSPS) is 13.8. The Morgan fingerprint density at radius 1 is 1.46 bits per heavy atom. The zero-order valence-electron chi connectivity index (χ0n) is 15.3. The average Bonchev–Trinajstić information content (AvgIpc) is 2.83. The van der Waals surface area contributed by atoms with Crippen molar-refractivity contribution in [2.24, 2.45) is 0 Å². The van der Waals surface area contributed by atoms with Crippen LogP contribution in [0, 0.1) is 6.92 Å². The second-order valence-corrected chi connectivity index (χ2v) is 7.34. The molecule has 1 aliphatic rings. The van der Waals surface area contributed by atoms with Crippen LogP contribution in [0.3, 0.4) is 0 Å². The van der Waals surface area contributed by atoms with Crippen LogP contribution >= 0.6 is 11.3 Å². The van der Waals surface area contributed by atoms with Gasteiger partial charge in [0.1, 0.15) is 11.3 Å². The summed E-state index contributed by atoms with van der Waals surface area (Å²) in [5.74, 6) is 0.106. The molecular weight excluding hydrogens is 352 g/mol. The molecule has 2 aromatic heterocycles. The lowest BCUT2D eigenvalue weighted by Gasteiger charge is -2.17. The van der Waals surface area contributed by atoms with E-state index in [0.717, 1.165) is 34.2 Å². The van der Waals surface area contributed by atoms with E-state index in [-0.39, 0.29) is 11.5 Å². The molecule has 0 aliphatic carbocycles. The van der Waals surface area contributed by atoms with Crippen molar-refractivity contribution in [1.82, 2.24) is 20.2 Å². The Morgan fingerprint density at radius 2 is 2.27 bits per heavy atom. The molecule has 0 bridgehead atoms. The van der Waals surface area contributed by atoms with Crippen LogP contribution in [0.15, 0.2) is 10.9 Å². The predicted octanol–water partition coefficient (Wildman–Crippen LogP) is 1.26. The number of amides is 1. The van der Waals surface area contributed by atoms with Crippen LogP contribution in [-0.4, -0.2) is 35.7 Å². The van der Waals surface area contributed by atoms with E-state index in [1.54, 1.807) is 15.9 Å². The molecule has 0 atom stereocenters. The molecule has 0 aromatic carbocycles. The minimum atomic E-state index is -0.224. The Hall–Kier alpha value is -2.19. The largest absolute Gasteiger partial charge is 0.496 e. The number of ether oxygens (including phenoxy) is 1. The molecule has 3 rings (SSSR count). The fourth-order valence-corrected chi connectivity index (χ4v) is 4.11. The minimum Gasteiger partial charge on any atom is -0.496 e. The average molecular weight is 376 g/mol. The fraction of sp³-hybridized carbons (Fsp3) is 0.500. The third-order valence-electron chi connectivity index (χ3n) is 4.53. The van der Waals surface area contributed by atoms with E-state index < -0.39 is 0 Å². The summed E-state index contributed by atoms with van der Waals surface area (Å²) in [4.78, 5) is 30.8. The standard InChI is InChI=1S/C18H24N4O3S/c1-4-15-21-11(2)14(26-15)10-20-18(24)17-12-5-6-19-7-8-22(12)16(23)9-13(17)25-3/h9,19H,4-8,10H2,1-3H3,(H,20,24). The van der Waals surface area contributed by atoms with E-state index in [9.17, 15) is 9.59 Å². The van der Waals surface area contributed by atoms with Gasteiger partial charge in [-0.05, 0) is 13.3 Å². The maximum absolute atomic E-state index is 12.9. The summed E-state index contributed by atoms with van der Waals surface area (Å²) in [6, 6.07) is 1.40.